The minimum atomic E-state index is -4.47. The number of hydrogen-bond acceptors (Lipinski definition) is 4. The van der Waals surface area contributed by atoms with Gasteiger partial charge in [0, 0.05) is 29.2 Å². The summed E-state index contributed by atoms with van der Waals surface area (Å²) in [4.78, 5) is 42.2. The maximum Gasteiger partial charge on any atom is 0.416 e. The van der Waals surface area contributed by atoms with Crippen LogP contribution in [0.25, 0.3) is 11.1 Å². The number of carbonyl (C=O) groups is 3. The van der Waals surface area contributed by atoms with E-state index >= 15 is 0 Å². The molecule has 0 aliphatic carbocycles. The van der Waals surface area contributed by atoms with Crippen molar-refractivity contribution in [2.24, 2.45) is 0 Å². The molecule has 1 atom stereocenters. The van der Waals surface area contributed by atoms with Crippen LogP contribution >= 0.6 is 0 Å². The van der Waals surface area contributed by atoms with E-state index in [9.17, 15) is 27.6 Å². The van der Waals surface area contributed by atoms with Gasteiger partial charge in [0.25, 0.3) is 0 Å². The molecule has 11 heteroatoms. The number of benzene rings is 2. The molecule has 4 rings (SSSR count). The van der Waals surface area contributed by atoms with Gasteiger partial charge in [0.2, 0.25) is 5.91 Å². The zero-order valence-corrected chi connectivity index (χ0v) is 19.7. The van der Waals surface area contributed by atoms with Crippen molar-refractivity contribution in [3.05, 3.63) is 77.6 Å². The lowest BCUT2D eigenvalue weighted by Gasteiger charge is -2.24. The summed E-state index contributed by atoms with van der Waals surface area (Å²) >= 11 is 0. The van der Waals surface area contributed by atoms with Crippen LogP contribution in [0, 0.1) is 6.92 Å². The Bertz CT molecular complexity index is 1330. The topological polar surface area (TPSA) is 112 Å². The summed E-state index contributed by atoms with van der Waals surface area (Å²) in [6, 6.07) is 12.8. The van der Waals surface area contributed by atoms with Gasteiger partial charge in [-0.05, 0) is 67.8 Å². The molecule has 1 aliphatic heterocycles. The molecule has 2 heterocycles. The lowest BCUT2D eigenvalue weighted by Crippen LogP contribution is -2.45. The molecule has 2 aromatic carbocycles. The zero-order chi connectivity index (χ0) is 26.7. The van der Waals surface area contributed by atoms with E-state index < -0.39 is 29.8 Å². The number of carbonyl (C=O) groups excluding carboxylic acids is 2. The number of anilines is 2. The summed E-state index contributed by atoms with van der Waals surface area (Å²) in [7, 11) is 0. The number of hydrogen-bond donors (Lipinski definition) is 3. The monoisotopic (exact) mass is 512 g/mol. The summed E-state index contributed by atoms with van der Waals surface area (Å²) in [6.45, 7) is 2.05. The standard InChI is InChI=1S/C26H23F3N4O4/c1-15-20(12-13-21(30-15)24(35)36)16-4-8-18(9-5-16)31-23(34)22-3-2-14-33(22)25(37)32-19-10-6-17(7-11-19)26(27,28)29/h4-13,22H,2-3,14H2,1H3,(H,31,34)(H,32,37)(H,35,36)/t22-/m1/s1. The fourth-order valence-corrected chi connectivity index (χ4v) is 4.16. The number of aryl methyl sites for hydroxylation is 1. The maximum atomic E-state index is 12.9. The normalized spacial score (nSPS) is 15.4. The molecule has 1 fully saturated rings. The average Bonchev–Trinajstić information content (AvgIpc) is 3.35. The maximum absolute atomic E-state index is 12.9. The zero-order valence-electron chi connectivity index (χ0n) is 19.7. The summed E-state index contributed by atoms with van der Waals surface area (Å²) in [5, 5.41) is 14.4. The molecule has 3 N–H and O–H groups in total. The number of rotatable bonds is 5. The molecule has 3 aromatic rings. The first-order chi connectivity index (χ1) is 17.5. The van der Waals surface area contributed by atoms with Gasteiger partial charge in [0.05, 0.1) is 5.56 Å². The van der Waals surface area contributed by atoms with Crippen molar-refractivity contribution in [3.8, 4) is 11.1 Å². The average molecular weight is 512 g/mol. The summed E-state index contributed by atoms with van der Waals surface area (Å²) in [6.07, 6.45) is -3.42. The number of amides is 3. The van der Waals surface area contributed by atoms with Crippen molar-refractivity contribution < 1.29 is 32.7 Å². The second-order valence-corrected chi connectivity index (χ2v) is 8.56. The van der Waals surface area contributed by atoms with Crippen molar-refractivity contribution in [2.75, 3.05) is 17.2 Å². The number of nitrogens with zero attached hydrogens (tertiary/aromatic N) is 2. The Kier molecular flexibility index (Phi) is 7.14. The highest BCUT2D eigenvalue weighted by atomic mass is 19.4. The predicted octanol–water partition coefficient (Wildman–Crippen LogP) is 5.41. The van der Waals surface area contributed by atoms with E-state index in [1.54, 1.807) is 37.3 Å². The first-order valence-corrected chi connectivity index (χ1v) is 11.4. The number of carboxylic acids is 1. The molecule has 1 aliphatic rings. The van der Waals surface area contributed by atoms with E-state index in [1.165, 1.54) is 23.1 Å². The molecular formula is C26H23F3N4O4. The highest BCUT2D eigenvalue weighted by Crippen LogP contribution is 2.30. The van der Waals surface area contributed by atoms with Crippen molar-refractivity contribution in [1.82, 2.24) is 9.88 Å². The van der Waals surface area contributed by atoms with Gasteiger partial charge < -0.3 is 20.6 Å². The molecule has 0 bridgehead atoms. The van der Waals surface area contributed by atoms with Crippen LogP contribution in [0.3, 0.4) is 0 Å². The molecule has 0 spiro atoms. The van der Waals surface area contributed by atoms with Crippen LogP contribution in [0.2, 0.25) is 0 Å². The van der Waals surface area contributed by atoms with Gasteiger partial charge in [-0.2, -0.15) is 13.2 Å². The summed E-state index contributed by atoms with van der Waals surface area (Å²) in [5.41, 5.74) is 1.94. The van der Waals surface area contributed by atoms with E-state index in [0.717, 1.165) is 23.3 Å². The van der Waals surface area contributed by atoms with E-state index in [1.807, 2.05) is 0 Å². The van der Waals surface area contributed by atoms with Crippen molar-refractivity contribution >= 4 is 29.3 Å². The molecule has 37 heavy (non-hydrogen) atoms. The fraction of sp³-hybridized carbons (Fsp3) is 0.231. The minimum absolute atomic E-state index is 0.0476. The minimum Gasteiger partial charge on any atom is -0.477 e. The van der Waals surface area contributed by atoms with Gasteiger partial charge in [-0.1, -0.05) is 18.2 Å². The Morgan fingerprint density at radius 3 is 2.16 bits per heavy atom. The van der Waals surface area contributed by atoms with Crippen LogP contribution in [0.5, 0.6) is 0 Å². The van der Waals surface area contributed by atoms with E-state index in [4.69, 9.17) is 5.11 Å². The Morgan fingerprint density at radius 2 is 1.57 bits per heavy atom. The quantitative estimate of drug-likeness (QED) is 0.423. The Balaban J connectivity index is 1.39. The lowest BCUT2D eigenvalue weighted by molar-refractivity contribution is -0.137. The fourth-order valence-electron chi connectivity index (χ4n) is 4.16. The molecular weight excluding hydrogens is 489 g/mol. The number of halogens is 3. The molecule has 1 saturated heterocycles. The molecule has 0 saturated carbocycles. The Morgan fingerprint density at radius 1 is 0.946 bits per heavy atom. The van der Waals surface area contributed by atoms with Crippen molar-refractivity contribution in [2.45, 2.75) is 32.0 Å². The molecule has 0 radical (unpaired) electrons. The van der Waals surface area contributed by atoms with Crippen molar-refractivity contribution in [3.63, 3.8) is 0 Å². The molecule has 3 amide bonds. The van der Waals surface area contributed by atoms with Gasteiger partial charge in [-0.25, -0.2) is 14.6 Å². The molecule has 1 aromatic heterocycles. The lowest BCUT2D eigenvalue weighted by atomic mass is 10.0. The second kappa shape index (κ2) is 10.3. The van der Waals surface area contributed by atoms with Gasteiger partial charge >= 0.3 is 18.2 Å². The number of pyridine rings is 1. The molecule has 8 nitrogen and oxygen atoms in total. The van der Waals surface area contributed by atoms with Gasteiger partial charge in [-0.3, -0.25) is 4.79 Å². The number of urea groups is 1. The molecule has 0 unspecified atom stereocenters. The largest absolute Gasteiger partial charge is 0.477 e. The van der Waals surface area contributed by atoms with Crippen LogP contribution in [0.4, 0.5) is 29.3 Å². The number of aromatic nitrogens is 1. The summed E-state index contributed by atoms with van der Waals surface area (Å²) in [5.74, 6) is -1.49. The smallest absolute Gasteiger partial charge is 0.416 e. The third-order valence-corrected chi connectivity index (χ3v) is 6.05. The number of nitrogens with one attached hydrogen (secondary N) is 2. The first-order valence-electron chi connectivity index (χ1n) is 11.4. The Hall–Kier alpha value is -4.41. The van der Waals surface area contributed by atoms with E-state index in [0.29, 0.717) is 30.8 Å². The van der Waals surface area contributed by atoms with Crippen molar-refractivity contribution in [1.29, 1.82) is 0 Å². The summed E-state index contributed by atoms with van der Waals surface area (Å²) < 4.78 is 38.3. The number of likely N-dealkylation sites (tertiary alicyclic amines) is 1. The first kappa shape index (κ1) is 25.7. The van der Waals surface area contributed by atoms with E-state index in [2.05, 4.69) is 15.6 Å². The van der Waals surface area contributed by atoms with Crippen LogP contribution in [0.15, 0.2) is 60.7 Å². The van der Waals surface area contributed by atoms with Gasteiger partial charge in [-0.15, -0.1) is 0 Å². The van der Waals surface area contributed by atoms with E-state index in [-0.39, 0.29) is 17.3 Å². The highest BCUT2D eigenvalue weighted by molar-refractivity contribution is 5.99. The van der Waals surface area contributed by atoms with Crippen LogP contribution in [-0.4, -0.2) is 45.5 Å². The highest BCUT2D eigenvalue weighted by Gasteiger charge is 2.34. The third kappa shape index (κ3) is 5.88. The second-order valence-electron chi connectivity index (χ2n) is 8.56. The van der Waals surface area contributed by atoms with Crippen LogP contribution < -0.4 is 10.6 Å². The van der Waals surface area contributed by atoms with Gasteiger partial charge in [0.15, 0.2) is 0 Å². The van der Waals surface area contributed by atoms with Crippen LogP contribution in [0.1, 0.15) is 34.6 Å². The number of carboxylic acid groups (broad SMARTS) is 1. The SMILES string of the molecule is Cc1nc(C(=O)O)ccc1-c1ccc(NC(=O)[C@H]2CCCN2C(=O)Nc2ccc(C(F)(F)F)cc2)cc1. The third-order valence-electron chi connectivity index (χ3n) is 6.05. The predicted molar refractivity (Wildman–Crippen MR) is 130 cm³/mol. The van der Waals surface area contributed by atoms with Crippen LogP contribution in [-0.2, 0) is 11.0 Å². The van der Waals surface area contributed by atoms with Gasteiger partial charge in [0.1, 0.15) is 11.7 Å². The molecule has 192 valence electrons. The number of alkyl halides is 3. The number of aromatic carboxylic acids is 1. The Labute approximate surface area is 210 Å².